The molecule has 150 valence electrons. The number of carboxylic acids is 2. The molecule has 0 aliphatic carbocycles. The van der Waals surface area contributed by atoms with Crippen LogP contribution in [0.2, 0.25) is 0 Å². The summed E-state index contributed by atoms with van der Waals surface area (Å²) in [6.45, 7) is 16.1. The van der Waals surface area contributed by atoms with Crippen molar-refractivity contribution in [3.63, 3.8) is 0 Å². The summed E-state index contributed by atoms with van der Waals surface area (Å²) in [6.07, 6.45) is 11.1. The highest BCUT2D eigenvalue weighted by molar-refractivity contribution is 5.91. The summed E-state index contributed by atoms with van der Waals surface area (Å²) in [5, 5.41) is 17.6. The maximum absolute atomic E-state index is 9.72. The van der Waals surface area contributed by atoms with Crippen LogP contribution in [0.3, 0.4) is 0 Å². The van der Waals surface area contributed by atoms with Gasteiger partial charge >= 0.3 is 5.97 Å². The molecule has 5 heteroatoms. The van der Waals surface area contributed by atoms with Crippen molar-refractivity contribution in [2.75, 3.05) is 26.2 Å². The first-order valence-electron chi connectivity index (χ1n) is 10.1. The largest absolute Gasteiger partial charge is 0.549 e. The first-order valence-corrected chi connectivity index (χ1v) is 10.1. The summed E-state index contributed by atoms with van der Waals surface area (Å²) in [6, 6.07) is 0. The van der Waals surface area contributed by atoms with E-state index in [0.29, 0.717) is 0 Å². The van der Waals surface area contributed by atoms with Gasteiger partial charge in [-0.05, 0) is 32.6 Å². The van der Waals surface area contributed by atoms with Crippen molar-refractivity contribution in [2.24, 2.45) is 5.92 Å². The lowest BCUT2D eigenvalue weighted by Crippen LogP contribution is -2.50. The standard InChI is InChI=1S/C16H36N.C4H6O4/c1-5-9-13-17(14-10-6-2,15-11-7-3)16-12-8-4;1-2(3(5)6)4(7)8/h5-16H2,1-4H3;2H,1H3,(H,5,6)(H,7,8)/q+1;/p-1. The number of carbonyl (C=O) groups is 2. The van der Waals surface area contributed by atoms with Gasteiger partial charge in [0.2, 0.25) is 0 Å². The maximum Gasteiger partial charge on any atom is 0.311 e. The van der Waals surface area contributed by atoms with E-state index in [9.17, 15) is 14.7 Å². The van der Waals surface area contributed by atoms with Crippen LogP contribution in [0.5, 0.6) is 0 Å². The molecular formula is C20H41NO4. The van der Waals surface area contributed by atoms with E-state index >= 15 is 0 Å². The van der Waals surface area contributed by atoms with Gasteiger partial charge in [-0.2, -0.15) is 0 Å². The van der Waals surface area contributed by atoms with Gasteiger partial charge in [0.15, 0.2) is 0 Å². The van der Waals surface area contributed by atoms with Crippen molar-refractivity contribution in [1.29, 1.82) is 0 Å². The normalized spacial score (nSPS) is 12.2. The Morgan fingerprint density at radius 2 is 1.08 bits per heavy atom. The van der Waals surface area contributed by atoms with Crippen LogP contribution in [-0.2, 0) is 9.59 Å². The van der Waals surface area contributed by atoms with Crippen LogP contribution in [0.25, 0.3) is 0 Å². The third-order valence-electron chi connectivity index (χ3n) is 4.67. The highest BCUT2D eigenvalue weighted by Gasteiger charge is 2.24. The minimum absolute atomic E-state index is 1.05. The van der Waals surface area contributed by atoms with Gasteiger partial charge < -0.3 is 19.5 Å². The predicted octanol–water partition coefficient (Wildman–Crippen LogP) is 3.46. The summed E-state index contributed by atoms with van der Waals surface area (Å²) in [4.78, 5) is 19.4. The minimum atomic E-state index is -1.56. The van der Waals surface area contributed by atoms with Crippen LogP contribution in [0.4, 0.5) is 0 Å². The van der Waals surface area contributed by atoms with Gasteiger partial charge in [-0.3, -0.25) is 4.79 Å². The minimum Gasteiger partial charge on any atom is -0.549 e. The Balaban J connectivity index is 0. The molecule has 0 saturated heterocycles. The third-order valence-corrected chi connectivity index (χ3v) is 4.67. The molecule has 5 nitrogen and oxygen atoms in total. The molecule has 0 spiro atoms. The quantitative estimate of drug-likeness (QED) is 0.380. The number of unbranched alkanes of at least 4 members (excludes halogenated alkanes) is 4. The number of quaternary nitrogens is 1. The highest BCUT2D eigenvalue weighted by Crippen LogP contribution is 2.16. The second kappa shape index (κ2) is 16.4. The SMILES string of the molecule is CC(C(=O)[O-])C(=O)O.CCCC[N+](CCCC)(CCCC)CCCC. The van der Waals surface area contributed by atoms with Gasteiger partial charge in [0.1, 0.15) is 0 Å². The van der Waals surface area contributed by atoms with Crippen molar-refractivity contribution < 1.29 is 24.3 Å². The molecule has 0 aliphatic rings. The Morgan fingerprint density at radius 1 is 0.800 bits per heavy atom. The van der Waals surface area contributed by atoms with Crippen molar-refractivity contribution in [3.05, 3.63) is 0 Å². The molecule has 0 radical (unpaired) electrons. The summed E-state index contributed by atoms with van der Waals surface area (Å²) < 4.78 is 1.42. The fourth-order valence-corrected chi connectivity index (χ4v) is 2.75. The number of nitrogens with zero attached hydrogens (tertiary/aromatic N) is 1. The van der Waals surface area contributed by atoms with Crippen molar-refractivity contribution >= 4 is 11.9 Å². The topological polar surface area (TPSA) is 77.4 Å². The van der Waals surface area contributed by atoms with Crippen molar-refractivity contribution in [1.82, 2.24) is 0 Å². The van der Waals surface area contributed by atoms with Crippen LogP contribution in [0.15, 0.2) is 0 Å². The lowest BCUT2D eigenvalue weighted by atomic mass is 10.1. The maximum atomic E-state index is 9.72. The van der Waals surface area contributed by atoms with Gasteiger partial charge in [-0.25, -0.2) is 0 Å². The molecule has 1 atom stereocenters. The molecule has 0 aromatic rings. The molecule has 0 bridgehead atoms. The van der Waals surface area contributed by atoms with Gasteiger partial charge in [0, 0.05) is 0 Å². The van der Waals surface area contributed by atoms with E-state index in [2.05, 4.69) is 27.7 Å². The number of carboxylic acid groups (broad SMARTS) is 2. The zero-order chi connectivity index (χ0) is 19.7. The molecule has 25 heavy (non-hydrogen) atoms. The summed E-state index contributed by atoms with van der Waals surface area (Å²) in [5.74, 6) is -4.34. The molecule has 0 heterocycles. The average molecular weight is 360 g/mol. The summed E-state index contributed by atoms with van der Waals surface area (Å²) >= 11 is 0. The van der Waals surface area contributed by atoms with Crippen LogP contribution in [0.1, 0.15) is 86.0 Å². The Morgan fingerprint density at radius 3 is 1.20 bits per heavy atom. The summed E-state index contributed by atoms with van der Waals surface area (Å²) in [5.41, 5.74) is 0. The van der Waals surface area contributed by atoms with E-state index in [0.717, 1.165) is 6.92 Å². The molecule has 1 unspecified atom stereocenters. The molecule has 0 fully saturated rings. The fourth-order valence-electron chi connectivity index (χ4n) is 2.75. The van der Waals surface area contributed by atoms with Gasteiger partial charge in [0.25, 0.3) is 0 Å². The molecule has 0 aliphatic heterocycles. The van der Waals surface area contributed by atoms with E-state index in [1.54, 1.807) is 0 Å². The molecule has 1 N–H and O–H groups in total. The van der Waals surface area contributed by atoms with Gasteiger partial charge in [0.05, 0.1) is 38.1 Å². The van der Waals surface area contributed by atoms with E-state index < -0.39 is 17.9 Å². The molecule has 0 aromatic carbocycles. The number of hydrogen-bond acceptors (Lipinski definition) is 3. The number of hydrogen-bond donors (Lipinski definition) is 1. The fraction of sp³-hybridized carbons (Fsp3) is 0.900. The van der Waals surface area contributed by atoms with Crippen LogP contribution in [0, 0.1) is 5.92 Å². The Bertz CT molecular complexity index is 293. The lowest BCUT2D eigenvalue weighted by molar-refractivity contribution is -0.929. The smallest absolute Gasteiger partial charge is 0.311 e. The second-order valence-corrected chi connectivity index (χ2v) is 7.03. The number of aliphatic carboxylic acids is 2. The second-order valence-electron chi connectivity index (χ2n) is 7.03. The highest BCUT2D eigenvalue weighted by atomic mass is 16.4. The van der Waals surface area contributed by atoms with Gasteiger partial charge in [-0.1, -0.05) is 53.4 Å². The van der Waals surface area contributed by atoms with Crippen LogP contribution < -0.4 is 5.11 Å². The van der Waals surface area contributed by atoms with E-state index in [-0.39, 0.29) is 0 Å². The zero-order valence-electron chi connectivity index (χ0n) is 17.2. The zero-order valence-corrected chi connectivity index (χ0v) is 17.2. The van der Waals surface area contributed by atoms with Crippen LogP contribution in [-0.4, -0.2) is 47.7 Å². The Labute approximate surface area is 155 Å². The first kappa shape index (κ1) is 26.1. The van der Waals surface area contributed by atoms with E-state index in [4.69, 9.17) is 5.11 Å². The van der Waals surface area contributed by atoms with Crippen molar-refractivity contribution in [2.45, 2.75) is 86.0 Å². The number of rotatable bonds is 14. The molecular weight excluding hydrogens is 318 g/mol. The monoisotopic (exact) mass is 359 g/mol. The third kappa shape index (κ3) is 13.8. The average Bonchev–Trinajstić information content (AvgIpc) is 2.60. The Hall–Kier alpha value is -1.10. The van der Waals surface area contributed by atoms with E-state index in [1.807, 2.05) is 0 Å². The van der Waals surface area contributed by atoms with Gasteiger partial charge in [-0.15, -0.1) is 0 Å². The van der Waals surface area contributed by atoms with Crippen LogP contribution >= 0.6 is 0 Å². The first-order chi connectivity index (χ1) is 11.8. The summed E-state index contributed by atoms with van der Waals surface area (Å²) in [7, 11) is 0. The van der Waals surface area contributed by atoms with Crippen molar-refractivity contribution in [3.8, 4) is 0 Å². The number of carbonyl (C=O) groups excluding carboxylic acids is 1. The molecule has 0 amide bonds. The Kier molecular flexibility index (Phi) is 17.1. The van der Waals surface area contributed by atoms with E-state index in [1.165, 1.54) is 82.0 Å². The molecule has 0 saturated carbocycles. The lowest BCUT2D eigenvalue weighted by Gasteiger charge is -2.39. The predicted molar refractivity (Wildman–Crippen MR) is 101 cm³/mol. The molecule has 0 rings (SSSR count). The molecule has 0 aromatic heterocycles.